The molecule has 0 saturated carbocycles. The van der Waals surface area contributed by atoms with E-state index in [1.54, 1.807) is 31.6 Å². The van der Waals surface area contributed by atoms with Gasteiger partial charge < -0.3 is 20.5 Å². The van der Waals surface area contributed by atoms with Crippen LogP contribution in [0.5, 0.6) is 11.5 Å². The molecule has 0 fully saturated rings. The van der Waals surface area contributed by atoms with Gasteiger partial charge in [-0.3, -0.25) is 0 Å². The molecule has 1 aromatic carbocycles. The number of anilines is 2. The van der Waals surface area contributed by atoms with E-state index in [-0.39, 0.29) is 0 Å². The van der Waals surface area contributed by atoms with Crippen molar-refractivity contribution in [2.45, 2.75) is 13.5 Å². The zero-order valence-electron chi connectivity index (χ0n) is 11.2. The summed E-state index contributed by atoms with van der Waals surface area (Å²) >= 11 is 1.66. The molecule has 3 N–H and O–H groups in total. The SMILES string of the molecule is COc1cc(N)c(NCc2ncc(C)s2)cc1OC. The maximum atomic E-state index is 5.97. The minimum atomic E-state index is 0.617. The zero-order chi connectivity index (χ0) is 13.8. The van der Waals surface area contributed by atoms with Crippen molar-refractivity contribution in [3.63, 3.8) is 0 Å². The third-order valence-electron chi connectivity index (χ3n) is 2.65. The first-order valence-corrected chi connectivity index (χ1v) is 6.62. The van der Waals surface area contributed by atoms with E-state index in [2.05, 4.69) is 10.3 Å². The predicted molar refractivity (Wildman–Crippen MR) is 78.1 cm³/mol. The number of nitrogen functional groups attached to an aromatic ring is 1. The van der Waals surface area contributed by atoms with E-state index in [0.717, 1.165) is 10.7 Å². The number of benzene rings is 1. The lowest BCUT2D eigenvalue weighted by Crippen LogP contribution is -2.03. The maximum absolute atomic E-state index is 5.97. The standard InChI is InChI=1S/C13H17N3O2S/c1-8-6-16-13(19-8)7-15-10-5-12(18-3)11(17-2)4-9(10)14/h4-6,15H,7,14H2,1-3H3. The highest BCUT2D eigenvalue weighted by Gasteiger charge is 2.09. The van der Waals surface area contributed by atoms with Crippen LogP contribution in [-0.4, -0.2) is 19.2 Å². The second-order valence-corrected chi connectivity index (χ2v) is 5.33. The number of aryl methyl sites for hydroxylation is 1. The molecule has 0 aliphatic carbocycles. The fourth-order valence-corrected chi connectivity index (χ4v) is 2.43. The van der Waals surface area contributed by atoms with Crippen LogP contribution in [-0.2, 0) is 6.54 Å². The van der Waals surface area contributed by atoms with Crippen LogP contribution in [0.2, 0.25) is 0 Å². The molecule has 19 heavy (non-hydrogen) atoms. The Morgan fingerprint density at radius 3 is 2.53 bits per heavy atom. The molecular formula is C13H17N3O2S. The van der Waals surface area contributed by atoms with E-state index in [1.165, 1.54) is 4.88 Å². The van der Waals surface area contributed by atoms with Crippen LogP contribution in [0.3, 0.4) is 0 Å². The quantitative estimate of drug-likeness (QED) is 0.823. The summed E-state index contributed by atoms with van der Waals surface area (Å²) < 4.78 is 10.4. The van der Waals surface area contributed by atoms with Crippen molar-refractivity contribution in [1.29, 1.82) is 0 Å². The van der Waals surface area contributed by atoms with Crippen LogP contribution in [0.4, 0.5) is 11.4 Å². The van der Waals surface area contributed by atoms with Crippen LogP contribution >= 0.6 is 11.3 Å². The Bertz CT molecular complexity index is 569. The molecule has 0 bridgehead atoms. The molecule has 2 rings (SSSR count). The van der Waals surface area contributed by atoms with Gasteiger partial charge in [0.05, 0.1) is 32.1 Å². The van der Waals surface area contributed by atoms with Crippen molar-refractivity contribution in [3.05, 3.63) is 28.2 Å². The molecule has 0 unspecified atom stereocenters. The minimum Gasteiger partial charge on any atom is -0.493 e. The molecule has 0 radical (unpaired) electrons. The van der Waals surface area contributed by atoms with E-state index in [0.29, 0.717) is 23.7 Å². The van der Waals surface area contributed by atoms with Gasteiger partial charge in [0.15, 0.2) is 11.5 Å². The molecule has 0 atom stereocenters. The fourth-order valence-electron chi connectivity index (χ4n) is 1.70. The number of aromatic nitrogens is 1. The first-order chi connectivity index (χ1) is 9.13. The van der Waals surface area contributed by atoms with E-state index >= 15 is 0 Å². The molecule has 0 amide bonds. The Kier molecular flexibility index (Phi) is 4.11. The minimum absolute atomic E-state index is 0.617. The summed E-state index contributed by atoms with van der Waals surface area (Å²) in [6, 6.07) is 3.57. The summed E-state index contributed by atoms with van der Waals surface area (Å²) in [6.07, 6.45) is 1.86. The number of hydrogen-bond donors (Lipinski definition) is 2. The van der Waals surface area contributed by atoms with Gasteiger partial charge in [0.2, 0.25) is 0 Å². The van der Waals surface area contributed by atoms with Crippen LogP contribution < -0.4 is 20.5 Å². The summed E-state index contributed by atoms with van der Waals surface area (Å²) in [5, 5.41) is 4.28. The smallest absolute Gasteiger partial charge is 0.162 e. The average Bonchev–Trinajstić information content (AvgIpc) is 2.82. The van der Waals surface area contributed by atoms with Crippen molar-refractivity contribution >= 4 is 22.7 Å². The van der Waals surface area contributed by atoms with Gasteiger partial charge in [0.1, 0.15) is 5.01 Å². The highest BCUT2D eigenvalue weighted by molar-refractivity contribution is 7.11. The van der Waals surface area contributed by atoms with Crippen molar-refractivity contribution in [2.75, 3.05) is 25.3 Å². The van der Waals surface area contributed by atoms with Crippen molar-refractivity contribution < 1.29 is 9.47 Å². The number of nitrogens with one attached hydrogen (secondary N) is 1. The predicted octanol–water partition coefficient (Wildman–Crippen LogP) is 2.66. The van der Waals surface area contributed by atoms with E-state index in [1.807, 2.05) is 19.2 Å². The van der Waals surface area contributed by atoms with Gasteiger partial charge in [-0.25, -0.2) is 4.98 Å². The van der Waals surface area contributed by atoms with Gasteiger partial charge >= 0.3 is 0 Å². The van der Waals surface area contributed by atoms with Gasteiger partial charge in [-0.05, 0) is 6.92 Å². The second kappa shape index (κ2) is 5.79. The maximum Gasteiger partial charge on any atom is 0.162 e. The third kappa shape index (κ3) is 3.08. The average molecular weight is 279 g/mol. The van der Waals surface area contributed by atoms with Gasteiger partial charge in [-0.1, -0.05) is 0 Å². The Morgan fingerprint density at radius 1 is 1.26 bits per heavy atom. The summed E-state index contributed by atoms with van der Waals surface area (Å²) in [5.74, 6) is 1.27. The van der Waals surface area contributed by atoms with Gasteiger partial charge in [-0.15, -0.1) is 11.3 Å². The lowest BCUT2D eigenvalue weighted by Gasteiger charge is -2.13. The normalized spacial score (nSPS) is 10.3. The molecule has 1 aromatic heterocycles. The number of nitrogens with two attached hydrogens (primary N) is 1. The monoisotopic (exact) mass is 279 g/mol. The Balaban J connectivity index is 2.15. The molecule has 0 aliphatic rings. The molecule has 0 aliphatic heterocycles. The first kappa shape index (κ1) is 13.5. The van der Waals surface area contributed by atoms with Crippen LogP contribution in [0, 0.1) is 6.92 Å². The highest BCUT2D eigenvalue weighted by atomic mass is 32.1. The topological polar surface area (TPSA) is 69.4 Å². The third-order valence-corrected chi connectivity index (χ3v) is 3.57. The molecule has 2 aromatic rings. The van der Waals surface area contributed by atoms with Gasteiger partial charge in [0, 0.05) is 23.2 Å². The lowest BCUT2D eigenvalue weighted by molar-refractivity contribution is 0.355. The zero-order valence-corrected chi connectivity index (χ0v) is 12.0. The summed E-state index contributed by atoms with van der Waals surface area (Å²) in [7, 11) is 3.19. The molecule has 5 nitrogen and oxygen atoms in total. The largest absolute Gasteiger partial charge is 0.493 e. The van der Waals surface area contributed by atoms with Crippen LogP contribution in [0.1, 0.15) is 9.88 Å². The fraction of sp³-hybridized carbons (Fsp3) is 0.308. The van der Waals surface area contributed by atoms with Crippen molar-refractivity contribution in [3.8, 4) is 11.5 Å². The Hall–Kier alpha value is -1.95. The number of hydrogen-bond acceptors (Lipinski definition) is 6. The highest BCUT2D eigenvalue weighted by Crippen LogP contribution is 2.35. The number of methoxy groups -OCH3 is 2. The molecule has 6 heteroatoms. The molecule has 1 heterocycles. The van der Waals surface area contributed by atoms with E-state index in [9.17, 15) is 0 Å². The second-order valence-electron chi connectivity index (χ2n) is 4.01. The summed E-state index contributed by atoms with van der Waals surface area (Å²) in [6.45, 7) is 2.67. The molecule has 0 saturated heterocycles. The van der Waals surface area contributed by atoms with Gasteiger partial charge in [0.25, 0.3) is 0 Å². The number of ether oxygens (including phenoxy) is 2. The molecular weight excluding hydrogens is 262 g/mol. The molecule has 0 spiro atoms. The van der Waals surface area contributed by atoms with Crippen molar-refractivity contribution in [2.24, 2.45) is 0 Å². The first-order valence-electron chi connectivity index (χ1n) is 5.80. The molecule has 102 valence electrons. The van der Waals surface area contributed by atoms with Crippen molar-refractivity contribution in [1.82, 2.24) is 4.98 Å². The lowest BCUT2D eigenvalue weighted by atomic mass is 10.2. The van der Waals surface area contributed by atoms with Crippen LogP contribution in [0.15, 0.2) is 18.3 Å². The van der Waals surface area contributed by atoms with E-state index in [4.69, 9.17) is 15.2 Å². The number of rotatable bonds is 5. The summed E-state index contributed by atoms with van der Waals surface area (Å²) in [5.41, 5.74) is 7.40. The number of nitrogens with zero attached hydrogens (tertiary/aromatic N) is 1. The summed E-state index contributed by atoms with van der Waals surface area (Å²) in [4.78, 5) is 5.49. The number of thiazole rings is 1. The Morgan fingerprint density at radius 2 is 1.95 bits per heavy atom. The Labute approximate surface area is 116 Å². The van der Waals surface area contributed by atoms with Gasteiger partial charge in [-0.2, -0.15) is 0 Å². The van der Waals surface area contributed by atoms with E-state index < -0.39 is 0 Å². The van der Waals surface area contributed by atoms with Crippen LogP contribution in [0.25, 0.3) is 0 Å².